The van der Waals surface area contributed by atoms with Crippen molar-refractivity contribution in [1.82, 2.24) is 4.72 Å². The van der Waals surface area contributed by atoms with Crippen molar-refractivity contribution >= 4 is 44.9 Å². The standard InChI is InChI=1S/C21H19F2N5O7S/c1-35-19-8-5-12(20(29)24-14-6-7-16(22)17(23)11-14)9-18(19)26-36(33,34)27-21(30)25-13-3-2-4-15(10-13)28(31)32/h2-11,26,28,31H,1H3,(H,24,29)(H2,25,27,30). The molecule has 3 aromatic rings. The number of hydrogen-bond acceptors (Lipinski definition) is 7. The third-order valence-electron chi connectivity index (χ3n) is 4.48. The molecule has 0 saturated heterocycles. The molecule has 0 heterocycles. The van der Waals surface area contributed by atoms with E-state index >= 15 is 0 Å². The molecule has 0 spiro atoms. The van der Waals surface area contributed by atoms with Crippen molar-refractivity contribution in [2.75, 3.05) is 22.5 Å². The Morgan fingerprint density at radius 3 is 2.36 bits per heavy atom. The van der Waals surface area contributed by atoms with Gasteiger partial charge in [0.15, 0.2) is 17.3 Å². The monoisotopic (exact) mass is 523 g/mol. The van der Waals surface area contributed by atoms with Gasteiger partial charge in [-0.2, -0.15) is 13.6 Å². The SMILES string of the molecule is COc1ccc(C(=O)Nc2ccc(F)c(F)c2)cc1NS(=O)(=O)NC(=O)Nc1cccc([NH+]([O-])O)c1. The Bertz CT molecular complexity index is 1400. The fraction of sp³-hybridized carbons (Fsp3) is 0.0476. The molecular weight excluding hydrogens is 504 g/mol. The first-order chi connectivity index (χ1) is 17.0. The highest BCUT2D eigenvalue weighted by Gasteiger charge is 2.19. The molecule has 0 saturated carbocycles. The van der Waals surface area contributed by atoms with Gasteiger partial charge in [0.05, 0.1) is 12.8 Å². The van der Waals surface area contributed by atoms with Crippen LogP contribution in [-0.2, 0) is 10.2 Å². The van der Waals surface area contributed by atoms with Crippen LogP contribution in [-0.4, -0.2) is 32.7 Å². The predicted octanol–water partition coefficient (Wildman–Crippen LogP) is 2.11. The Labute approximate surface area is 203 Å². The van der Waals surface area contributed by atoms with Gasteiger partial charge >= 0.3 is 16.2 Å². The highest BCUT2D eigenvalue weighted by Crippen LogP contribution is 2.27. The zero-order valence-electron chi connectivity index (χ0n) is 18.3. The first-order valence-corrected chi connectivity index (χ1v) is 11.3. The highest BCUT2D eigenvalue weighted by molar-refractivity contribution is 7.91. The normalized spacial score (nSPS) is 11.8. The lowest BCUT2D eigenvalue weighted by atomic mass is 10.1. The lowest BCUT2D eigenvalue weighted by Gasteiger charge is -2.15. The van der Waals surface area contributed by atoms with Crippen LogP contribution in [0.25, 0.3) is 0 Å². The smallest absolute Gasteiger partial charge is 0.334 e. The third-order valence-corrected chi connectivity index (χ3v) is 5.42. The number of quaternary nitrogens is 1. The number of rotatable bonds is 8. The van der Waals surface area contributed by atoms with Crippen LogP contribution in [0.15, 0.2) is 60.7 Å². The molecule has 0 aromatic heterocycles. The van der Waals surface area contributed by atoms with Gasteiger partial charge in [0.25, 0.3) is 5.91 Å². The summed E-state index contributed by atoms with van der Waals surface area (Å²) in [5, 5.41) is 23.3. The van der Waals surface area contributed by atoms with Gasteiger partial charge in [-0.05, 0) is 36.4 Å². The van der Waals surface area contributed by atoms with Gasteiger partial charge in [-0.3, -0.25) is 9.52 Å². The van der Waals surface area contributed by atoms with E-state index < -0.39 is 39.0 Å². The van der Waals surface area contributed by atoms with Crippen LogP contribution in [0.3, 0.4) is 0 Å². The van der Waals surface area contributed by atoms with Crippen molar-refractivity contribution < 1.29 is 42.0 Å². The minimum atomic E-state index is -4.56. The van der Waals surface area contributed by atoms with Gasteiger partial charge < -0.3 is 20.6 Å². The van der Waals surface area contributed by atoms with Gasteiger partial charge in [-0.1, -0.05) is 6.07 Å². The summed E-state index contributed by atoms with van der Waals surface area (Å²) in [5.41, 5.74) is -0.438. The third kappa shape index (κ3) is 6.86. The summed E-state index contributed by atoms with van der Waals surface area (Å²) < 4.78 is 60.2. The van der Waals surface area contributed by atoms with Gasteiger partial charge in [0.2, 0.25) is 0 Å². The van der Waals surface area contributed by atoms with Crippen molar-refractivity contribution in [1.29, 1.82) is 0 Å². The fourth-order valence-electron chi connectivity index (χ4n) is 2.89. The van der Waals surface area contributed by atoms with Crippen LogP contribution >= 0.6 is 0 Å². The number of anilines is 3. The van der Waals surface area contributed by atoms with Crippen LogP contribution in [0.5, 0.6) is 5.75 Å². The molecule has 6 N–H and O–H groups in total. The van der Waals surface area contributed by atoms with E-state index in [-0.39, 0.29) is 34.1 Å². The fourth-order valence-corrected chi connectivity index (χ4v) is 3.68. The van der Waals surface area contributed by atoms with Crippen molar-refractivity contribution in [3.05, 3.63) is 83.1 Å². The lowest BCUT2D eigenvalue weighted by molar-refractivity contribution is -0.991. The molecule has 0 aliphatic carbocycles. The first kappa shape index (κ1) is 26.3. The zero-order chi connectivity index (χ0) is 26.5. The summed E-state index contributed by atoms with van der Waals surface area (Å²) in [6, 6.07) is 10.3. The Kier molecular flexibility index (Phi) is 8.00. The van der Waals surface area contributed by atoms with E-state index in [0.717, 1.165) is 30.3 Å². The second-order valence-electron chi connectivity index (χ2n) is 7.05. The number of carbonyl (C=O) groups is 2. The number of ether oxygens (including phenoxy) is 1. The van der Waals surface area contributed by atoms with Crippen LogP contribution in [0.4, 0.5) is 36.3 Å². The van der Waals surface area contributed by atoms with Gasteiger partial charge in [0.1, 0.15) is 5.75 Å². The predicted molar refractivity (Wildman–Crippen MR) is 124 cm³/mol. The number of benzene rings is 3. The second kappa shape index (κ2) is 11.0. The maximum absolute atomic E-state index is 13.4. The molecule has 1 unspecified atom stereocenters. The average molecular weight is 523 g/mol. The number of hydrogen-bond donors (Lipinski definition) is 6. The number of halogens is 2. The molecule has 0 radical (unpaired) electrons. The molecule has 15 heteroatoms. The number of methoxy groups -OCH3 is 1. The molecule has 190 valence electrons. The molecule has 3 aromatic carbocycles. The Morgan fingerprint density at radius 2 is 1.69 bits per heavy atom. The molecule has 1 atom stereocenters. The van der Waals surface area contributed by atoms with Crippen molar-refractivity contribution in [2.24, 2.45) is 0 Å². The Balaban J connectivity index is 1.73. The quantitative estimate of drug-likeness (QED) is 0.245. The van der Waals surface area contributed by atoms with Crippen LogP contribution in [0, 0.1) is 16.8 Å². The van der Waals surface area contributed by atoms with E-state index in [9.17, 15) is 32.0 Å². The molecule has 0 aliphatic rings. The molecule has 3 rings (SSSR count). The van der Waals surface area contributed by atoms with Gasteiger partial charge in [-0.15, -0.1) is 0 Å². The molecule has 3 amide bonds. The minimum absolute atomic E-state index is 0.000630. The summed E-state index contributed by atoms with van der Waals surface area (Å²) in [4.78, 5) is 24.7. The summed E-state index contributed by atoms with van der Waals surface area (Å²) in [6.45, 7) is 0. The van der Waals surface area contributed by atoms with Crippen molar-refractivity contribution in [3.63, 3.8) is 0 Å². The van der Waals surface area contributed by atoms with E-state index in [4.69, 9.17) is 9.94 Å². The topological polar surface area (TPSA) is 173 Å². The summed E-state index contributed by atoms with van der Waals surface area (Å²) in [5.74, 6) is -3.04. The van der Waals surface area contributed by atoms with Crippen LogP contribution < -0.4 is 30.0 Å². The van der Waals surface area contributed by atoms with E-state index in [1.54, 1.807) is 4.72 Å². The lowest BCUT2D eigenvalue weighted by Crippen LogP contribution is -2.99. The van der Waals surface area contributed by atoms with Crippen molar-refractivity contribution in [3.8, 4) is 5.75 Å². The van der Waals surface area contributed by atoms with Gasteiger partial charge in [0, 0.05) is 35.1 Å². The number of urea groups is 1. The molecular formula is C21H19F2N5O7S. The number of amides is 3. The molecule has 0 fully saturated rings. The summed E-state index contributed by atoms with van der Waals surface area (Å²) in [6.07, 6.45) is 0. The largest absolute Gasteiger partial charge is 0.595 e. The molecule has 36 heavy (non-hydrogen) atoms. The van der Waals surface area contributed by atoms with E-state index in [0.29, 0.717) is 0 Å². The van der Waals surface area contributed by atoms with E-state index in [2.05, 4.69) is 15.4 Å². The first-order valence-electron chi connectivity index (χ1n) is 9.87. The summed E-state index contributed by atoms with van der Waals surface area (Å²) in [7, 11) is -3.32. The van der Waals surface area contributed by atoms with E-state index in [1.165, 1.54) is 37.4 Å². The number of nitrogens with one attached hydrogen (secondary N) is 5. The van der Waals surface area contributed by atoms with Gasteiger partial charge in [-0.25, -0.2) is 23.5 Å². The minimum Gasteiger partial charge on any atom is -0.595 e. The maximum atomic E-state index is 13.4. The highest BCUT2D eigenvalue weighted by atomic mass is 32.2. The Morgan fingerprint density at radius 1 is 0.972 bits per heavy atom. The van der Waals surface area contributed by atoms with Crippen LogP contribution in [0.1, 0.15) is 10.4 Å². The average Bonchev–Trinajstić information content (AvgIpc) is 2.80. The van der Waals surface area contributed by atoms with Crippen molar-refractivity contribution in [2.45, 2.75) is 0 Å². The Hall–Kier alpha value is -4.31. The summed E-state index contributed by atoms with van der Waals surface area (Å²) >= 11 is 0. The van der Waals surface area contributed by atoms with Crippen LogP contribution in [0.2, 0.25) is 0 Å². The zero-order valence-corrected chi connectivity index (χ0v) is 19.2. The number of carbonyl (C=O) groups excluding carboxylic acids is 2. The second-order valence-corrected chi connectivity index (χ2v) is 8.46. The maximum Gasteiger partial charge on any atom is 0.334 e. The molecule has 12 nitrogen and oxygen atoms in total. The molecule has 0 bridgehead atoms. The van der Waals surface area contributed by atoms with E-state index in [1.807, 2.05) is 0 Å². The molecule has 0 aliphatic heterocycles.